The number of aromatic nitrogens is 2. The monoisotopic (exact) mass is 570 g/mol. The van der Waals surface area contributed by atoms with Crippen molar-refractivity contribution in [1.29, 1.82) is 0 Å². The van der Waals surface area contributed by atoms with E-state index in [1.165, 1.54) is 6.07 Å². The summed E-state index contributed by atoms with van der Waals surface area (Å²) in [5.74, 6) is -1.01. The van der Waals surface area contributed by atoms with Crippen LogP contribution in [0.1, 0.15) is 53.5 Å². The summed E-state index contributed by atoms with van der Waals surface area (Å²) in [4.78, 5) is 19.4. The molecule has 10 heteroatoms. The molecule has 1 aromatic heterocycles. The van der Waals surface area contributed by atoms with Crippen molar-refractivity contribution in [2.75, 3.05) is 0 Å². The molecule has 1 saturated carbocycles. The Morgan fingerprint density at radius 1 is 1.02 bits per heavy atom. The van der Waals surface area contributed by atoms with Crippen molar-refractivity contribution in [3.63, 3.8) is 0 Å². The van der Waals surface area contributed by atoms with Gasteiger partial charge >= 0.3 is 12.1 Å². The van der Waals surface area contributed by atoms with Crippen LogP contribution in [0.2, 0.25) is 0 Å². The first kappa shape index (κ1) is 27.1. The third kappa shape index (κ3) is 5.21. The summed E-state index contributed by atoms with van der Waals surface area (Å²) in [6.07, 6.45) is 1.56. The minimum Gasteiger partial charge on any atom is -0.318 e. The van der Waals surface area contributed by atoms with Gasteiger partial charge < -0.3 is 4.84 Å². The van der Waals surface area contributed by atoms with E-state index in [0.29, 0.717) is 27.9 Å². The lowest BCUT2D eigenvalue weighted by Gasteiger charge is -2.32. The van der Waals surface area contributed by atoms with Crippen LogP contribution in [-0.4, -0.2) is 21.9 Å². The fourth-order valence-corrected chi connectivity index (χ4v) is 5.26. The van der Waals surface area contributed by atoms with E-state index in [9.17, 15) is 22.4 Å². The number of hydrogen-bond acceptors (Lipinski definition) is 4. The first-order chi connectivity index (χ1) is 20.2. The summed E-state index contributed by atoms with van der Waals surface area (Å²) >= 11 is 0. The van der Waals surface area contributed by atoms with Gasteiger partial charge in [0.15, 0.2) is 5.69 Å². The number of rotatable bonds is 6. The molecule has 4 aromatic rings. The molecule has 1 aliphatic heterocycles. The van der Waals surface area contributed by atoms with Crippen LogP contribution in [0.25, 0.3) is 33.0 Å². The molecule has 0 bridgehead atoms. The van der Waals surface area contributed by atoms with Crippen molar-refractivity contribution in [2.24, 2.45) is 11.1 Å². The molecule has 210 valence electrons. The molecule has 42 heavy (non-hydrogen) atoms. The first-order valence-electron chi connectivity index (χ1n) is 13.2. The number of alkyl halides is 3. The summed E-state index contributed by atoms with van der Waals surface area (Å²) in [5.41, 5.74) is 4.08. The smallest absolute Gasteiger partial charge is 0.318 e. The molecule has 3 aromatic carbocycles. The number of carbonyl (C=O) groups excluding carboxylic acids is 1. The van der Waals surface area contributed by atoms with Gasteiger partial charge in [-0.3, -0.25) is 5.10 Å². The highest BCUT2D eigenvalue weighted by molar-refractivity contribution is 6.09. The molecule has 2 heterocycles. The lowest BCUT2D eigenvalue weighted by molar-refractivity contribution is -0.140. The molecule has 0 spiro atoms. The predicted octanol–water partition coefficient (Wildman–Crippen LogP) is 8.35. The molecule has 2 aliphatic rings. The molecule has 6 nitrogen and oxygen atoms in total. The maximum Gasteiger partial charge on any atom is 0.415 e. The number of nitrogens with zero attached hydrogens (tertiary/aromatic N) is 3. The Bertz CT molecular complexity index is 1840. The van der Waals surface area contributed by atoms with Gasteiger partial charge in [0, 0.05) is 5.56 Å². The van der Waals surface area contributed by atoms with Crippen LogP contribution in [0.3, 0.4) is 0 Å². The molecule has 1 fully saturated rings. The van der Waals surface area contributed by atoms with E-state index in [4.69, 9.17) is 6.57 Å². The van der Waals surface area contributed by atoms with Crippen molar-refractivity contribution in [1.82, 2.24) is 10.2 Å². The van der Waals surface area contributed by atoms with Gasteiger partial charge in [-0.1, -0.05) is 60.1 Å². The third-order valence-electron chi connectivity index (χ3n) is 7.57. The highest BCUT2D eigenvalue weighted by Gasteiger charge is 2.33. The summed E-state index contributed by atoms with van der Waals surface area (Å²) < 4.78 is 55.2. The van der Waals surface area contributed by atoms with Crippen LogP contribution in [0.15, 0.2) is 71.9 Å². The number of aromatic amines is 1. The first-order valence-corrected chi connectivity index (χ1v) is 13.2. The van der Waals surface area contributed by atoms with Crippen LogP contribution in [-0.2, 0) is 15.8 Å². The highest BCUT2D eigenvalue weighted by Crippen LogP contribution is 2.48. The topological polar surface area (TPSA) is 71.7 Å². The van der Waals surface area contributed by atoms with E-state index in [1.54, 1.807) is 30.4 Å². The Morgan fingerprint density at radius 3 is 2.43 bits per heavy atom. The number of allylic oxidation sites excluding steroid dienone is 2. The highest BCUT2D eigenvalue weighted by atomic mass is 19.4. The van der Waals surface area contributed by atoms with Crippen LogP contribution in [0.4, 0.5) is 23.2 Å². The van der Waals surface area contributed by atoms with Gasteiger partial charge in [0.2, 0.25) is 5.95 Å². The summed E-state index contributed by atoms with van der Waals surface area (Å²) in [6, 6.07) is 15.9. The minimum absolute atomic E-state index is 0.000354. The number of benzene rings is 3. The van der Waals surface area contributed by atoms with Crippen molar-refractivity contribution >= 4 is 45.5 Å². The lowest BCUT2D eigenvalue weighted by atomic mass is 9.72. The Labute approximate surface area is 237 Å². The molecule has 0 amide bonds. The van der Waals surface area contributed by atoms with Crippen LogP contribution < -0.4 is 0 Å². The fraction of sp³-hybridized carbons (Fsp3) is 0.188. The second-order valence-electron chi connectivity index (χ2n) is 10.2. The van der Waals surface area contributed by atoms with Crippen molar-refractivity contribution in [3.8, 4) is 0 Å². The van der Waals surface area contributed by atoms with E-state index in [-0.39, 0.29) is 23.4 Å². The Hall–Kier alpha value is -5.04. The molecule has 6 rings (SSSR count). The molecular weight excluding hydrogens is 548 g/mol. The van der Waals surface area contributed by atoms with E-state index in [1.807, 2.05) is 24.3 Å². The summed E-state index contributed by atoms with van der Waals surface area (Å²) in [6.45, 7) is 7.74. The number of fused-ring (bicyclic) bond motifs is 1. The number of halogens is 4. The average molecular weight is 571 g/mol. The van der Waals surface area contributed by atoms with Gasteiger partial charge in [0.25, 0.3) is 0 Å². The Kier molecular flexibility index (Phi) is 6.94. The summed E-state index contributed by atoms with van der Waals surface area (Å²) in [7, 11) is 0. The minimum atomic E-state index is -4.59. The number of nitrogens with one attached hydrogen (secondary N) is 1. The molecule has 0 atom stereocenters. The number of hydrogen-bond donors (Lipinski definition) is 1. The van der Waals surface area contributed by atoms with Gasteiger partial charge in [-0.2, -0.15) is 22.7 Å². The van der Waals surface area contributed by atoms with E-state index in [0.717, 1.165) is 48.1 Å². The fourth-order valence-electron chi connectivity index (χ4n) is 5.26. The zero-order chi connectivity index (χ0) is 29.4. The molecule has 0 unspecified atom stereocenters. The van der Waals surface area contributed by atoms with Gasteiger partial charge in [-0.05, 0) is 76.4 Å². The van der Waals surface area contributed by atoms with Gasteiger partial charge in [-0.15, -0.1) is 0 Å². The van der Waals surface area contributed by atoms with Crippen LogP contribution in [0.5, 0.6) is 0 Å². The van der Waals surface area contributed by atoms with Crippen molar-refractivity contribution in [2.45, 2.75) is 31.9 Å². The van der Waals surface area contributed by atoms with Crippen molar-refractivity contribution in [3.05, 3.63) is 112 Å². The second kappa shape index (κ2) is 10.7. The molecule has 1 aliphatic carbocycles. The third-order valence-corrected chi connectivity index (χ3v) is 7.57. The van der Waals surface area contributed by atoms with Crippen LogP contribution >= 0.6 is 0 Å². The number of H-pyrrole nitrogens is 1. The molecule has 1 N–H and O–H groups in total. The lowest BCUT2D eigenvalue weighted by Crippen LogP contribution is -2.15. The van der Waals surface area contributed by atoms with E-state index in [2.05, 4.69) is 25.0 Å². The summed E-state index contributed by atoms with van der Waals surface area (Å²) in [5, 5.41) is 10.3. The maximum absolute atomic E-state index is 14.6. The number of carbonyl (C=O) groups is 1. The standard InChI is InChI=1S/C32H22F4N4O2/c1-37-27-16-22(32(34,35)36)11-13-24(27)30(19-3-2-4-19)29(21-10-14-26-25(15-21)31(33)39-38-26)20-8-5-18(6-9-20)7-12-23-17-28(41)42-40-23/h5-16,19H,2-4,17H2,(H,38,39)/b12-7+,30-29+. The average Bonchev–Trinajstić information content (AvgIpc) is 3.55. The largest absolute Gasteiger partial charge is 0.415 e. The van der Waals surface area contributed by atoms with E-state index >= 15 is 0 Å². The quantitative estimate of drug-likeness (QED) is 0.110. The van der Waals surface area contributed by atoms with Crippen LogP contribution in [0, 0.1) is 18.4 Å². The number of oxime groups is 1. The Balaban J connectivity index is 1.54. The van der Waals surface area contributed by atoms with E-state index < -0.39 is 23.7 Å². The maximum atomic E-state index is 14.6. The zero-order valence-electron chi connectivity index (χ0n) is 22.0. The van der Waals surface area contributed by atoms with Gasteiger partial charge in [0.1, 0.15) is 0 Å². The normalized spacial score (nSPS) is 16.3. The zero-order valence-corrected chi connectivity index (χ0v) is 22.0. The van der Waals surface area contributed by atoms with Gasteiger partial charge in [0.05, 0.1) is 29.6 Å². The molecule has 0 radical (unpaired) electrons. The Morgan fingerprint density at radius 2 is 1.79 bits per heavy atom. The van der Waals surface area contributed by atoms with Crippen molar-refractivity contribution < 1.29 is 27.2 Å². The predicted molar refractivity (Wildman–Crippen MR) is 151 cm³/mol. The SMILES string of the molecule is [C-]#[N+]c1cc(C(F)(F)F)ccc1/C(=C(\c1ccc(/C=C/C2=NOC(=O)C2)cc1)c1ccc2n[nH]c(F)c2c1)C1CCC1. The molecular formula is C32H22F4N4O2. The van der Waals surface area contributed by atoms with Gasteiger partial charge in [-0.25, -0.2) is 9.64 Å². The molecule has 0 saturated heterocycles. The second-order valence-corrected chi connectivity index (χ2v) is 10.2.